The highest BCUT2D eigenvalue weighted by molar-refractivity contribution is 5.95. The van der Waals surface area contributed by atoms with Gasteiger partial charge in [-0.3, -0.25) is 4.79 Å². The van der Waals surface area contributed by atoms with Gasteiger partial charge in [0.2, 0.25) is 0 Å². The number of likely N-dealkylation sites (N-methyl/N-ethyl adjacent to an activating group) is 1. The largest absolute Gasteiger partial charge is 0.351 e. The summed E-state index contributed by atoms with van der Waals surface area (Å²) in [7, 11) is 0. The van der Waals surface area contributed by atoms with Crippen molar-refractivity contribution >= 4 is 5.91 Å². The van der Waals surface area contributed by atoms with Crippen LogP contribution in [-0.2, 0) is 4.79 Å². The molecule has 5 heteroatoms. The normalized spacial score (nSPS) is 15.5. The van der Waals surface area contributed by atoms with Crippen molar-refractivity contribution in [2.24, 2.45) is 5.11 Å². The highest BCUT2D eigenvalue weighted by Crippen LogP contribution is 2.19. The topological polar surface area (TPSA) is 56.5 Å². The predicted molar refractivity (Wildman–Crippen MR) is 66.4 cm³/mol. The number of azo groups is 2. The van der Waals surface area contributed by atoms with E-state index in [-0.39, 0.29) is 11.4 Å². The number of carbonyl (C=O) groups is 1. The average Bonchev–Trinajstić information content (AvgIpc) is 2.72. The van der Waals surface area contributed by atoms with E-state index in [4.69, 9.17) is 0 Å². The molecule has 0 aromatic rings. The van der Waals surface area contributed by atoms with Gasteiger partial charge in [-0.05, 0) is 11.7 Å². The molecule has 1 aliphatic rings. The van der Waals surface area contributed by atoms with Gasteiger partial charge in [-0.15, -0.1) is 4.70 Å². The minimum atomic E-state index is -0.0949. The third kappa shape index (κ3) is 4.26. The molecule has 0 saturated carbocycles. The van der Waals surface area contributed by atoms with E-state index in [0.717, 1.165) is 13.1 Å². The molecule has 0 fully saturated rings. The number of rotatable bonds is 5. The maximum atomic E-state index is 11.8. The van der Waals surface area contributed by atoms with E-state index < -0.39 is 0 Å². The Bertz CT molecular complexity index is 339. The number of nitrogens with zero attached hydrogens (tertiary/aromatic N) is 2. The second-order valence-corrected chi connectivity index (χ2v) is 4.95. The first-order valence-corrected chi connectivity index (χ1v) is 5.99. The third-order valence-corrected chi connectivity index (χ3v) is 2.37. The van der Waals surface area contributed by atoms with Gasteiger partial charge in [-0.2, -0.15) is 0 Å². The fourth-order valence-electron chi connectivity index (χ4n) is 1.35. The summed E-state index contributed by atoms with van der Waals surface area (Å²) in [6, 6.07) is 0. The lowest BCUT2D eigenvalue weighted by molar-refractivity contribution is -0.611. The summed E-state index contributed by atoms with van der Waals surface area (Å²) in [6.07, 6.45) is 1.60. The lowest BCUT2D eigenvalue weighted by Gasteiger charge is -2.11. The maximum Gasteiger partial charge on any atom is 0.278 e. The fourth-order valence-corrected chi connectivity index (χ4v) is 1.35. The van der Waals surface area contributed by atoms with E-state index >= 15 is 0 Å². The summed E-state index contributed by atoms with van der Waals surface area (Å²) in [5.41, 5.74) is 0.513. The van der Waals surface area contributed by atoms with Crippen molar-refractivity contribution < 1.29 is 9.49 Å². The first kappa shape index (κ1) is 13.8. The smallest absolute Gasteiger partial charge is 0.278 e. The summed E-state index contributed by atoms with van der Waals surface area (Å²) >= 11 is 0. The molecule has 2 N–H and O–H groups in total. The van der Waals surface area contributed by atoms with Crippen LogP contribution < -0.4 is 10.6 Å². The molecular formula is C12H22N4O+. The molecular weight excluding hydrogens is 216 g/mol. The van der Waals surface area contributed by atoms with E-state index in [1.54, 1.807) is 17.4 Å². The minimum absolute atomic E-state index is 0.0709. The molecule has 0 aromatic heterocycles. The second-order valence-electron chi connectivity index (χ2n) is 4.95. The van der Waals surface area contributed by atoms with Crippen LogP contribution in [0.3, 0.4) is 0 Å². The van der Waals surface area contributed by atoms with Crippen molar-refractivity contribution in [2.45, 2.75) is 33.2 Å². The summed E-state index contributed by atoms with van der Waals surface area (Å²) in [6.45, 7) is 12.3. The van der Waals surface area contributed by atoms with E-state index in [9.17, 15) is 4.79 Å². The molecule has 0 unspecified atom stereocenters. The quantitative estimate of drug-likeness (QED) is 0.555. The molecule has 17 heavy (non-hydrogen) atoms. The van der Waals surface area contributed by atoms with Crippen LogP contribution in [0.25, 0.3) is 0 Å². The molecule has 1 heterocycles. The predicted octanol–water partition coefficient (Wildman–Crippen LogP) is 1.03. The van der Waals surface area contributed by atoms with E-state index in [1.807, 2.05) is 27.7 Å². The van der Waals surface area contributed by atoms with Gasteiger partial charge >= 0.3 is 0 Å². The van der Waals surface area contributed by atoms with E-state index in [1.165, 1.54) is 0 Å². The zero-order valence-corrected chi connectivity index (χ0v) is 11.1. The number of carbonyl (C=O) groups excluding carboxylic acids is 1. The Morgan fingerprint density at radius 3 is 2.65 bits per heavy atom. The van der Waals surface area contributed by atoms with Gasteiger partial charge in [0.15, 0.2) is 5.54 Å². The number of hydrogen-bond donors (Lipinski definition) is 2. The Labute approximate surface area is 103 Å². The Morgan fingerprint density at radius 2 is 2.12 bits per heavy atom. The molecule has 1 amide bonds. The summed E-state index contributed by atoms with van der Waals surface area (Å²) in [4.78, 5) is 11.8. The van der Waals surface area contributed by atoms with Gasteiger partial charge in [-0.1, -0.05) is 6.92 Å². The standard InChI is InChI=1S/C12H22N4O/c1-5-13-6-7-14-11(17)10-8-15-16(9-10)12(2,3)4/h8-9,13H,5-7H2,1-4H3,(H,14,17)/q+1. The molecule has 0 saturated heterocycles. The number of hydrogen-bond acceptors (Lipinski definition) is 3. The van der Waals surface area contributed by atoms with Crippen LogP contribution in [0.15, 0.2) is 16.9 Å². The fraction of sp³-hybridized carbons (Fsp3) is 0.667. The van der Waals surface area contributed by atoms with Crippen LogP contribution in [0.5, 0.6) is 0 Å². The van der Waals surface area contributed by atoms with Gasteiger partial charge in [0.05, 0.1) is 0 Å². The Balaban J connectivity index is 2.33. The minimum Gasteiger partial charge on any atom is -0.351 e. The third-order valence-electron chi connectivity index (χ3n) is 2.37. The van der Waals surface area contributed by atoms with Gasteiger partial charge in [0.1, 0.15) is 11.8 Å². The first-order valence-electron chi connectivity index (χ1n) is 5.99. The zero-order chi connectivity index (χ0) is 12.9. The van der Waals surface area contributed by atoms with Crippen molar-refractivity contribution in [3.63, 3.8) is 0 Å². The monoisotopic (exact) mass is 238 g/mol. The van der Waals surface area contributed by atoms with Crippen LogP contribution in [0, 0.1) is 6.54 Å². The molecule has 0 atom stereocenters. The molecule has 1 aliphatic heterocycles. The van der Waals surface area contributed by atoms with Crippen molar-refractivity contribution in [3.8, 4) is 0 Å². The first-order chi connectivity index (χ1) is 7.95. The lowest BCUT2D eigenvalue weighted by atomic mass is 10.1. The molecule has 95 valence electrons. The lowest BCUT2D eigenvalue weighted by Crippen LogP contribution is -2.34. The summed E-state index contributed by atoms with van der Waals surface area (Å²) < 4.78 is 1.80. The van der Waals surface area contributed by atoms with Gasteiger partial charge in [0.25, 0.3) is 12.5 Å². The van der Waals surface area contributed by atoms with E-state index in [0.29, 0.717) is 12.1 Å². The van der Waals surface area contributed by atoms with Crippen molar-refractivity contribution in [2.75, 3.05) is 19.6 Å². The molecule has 0 aromatic carbocycles. The van der Waals surface area contributed by atoms with Crippen LogP contribution >= 0.6 is 0 Å². The Kier molecular flexibility index (Phi) is 4.81. The molecule has 1 radical (unpaired) electrons. The van der Waals surface area contributed by atoms with Crippen molar-refractivity contribution in [1.29, 1.82) is 0 Å². The zero-order valence-electron chi connectivity index (χ0n) is 11.1. The van der Waals surface area contributed by atoms with Crippen LogP contribution in [0.4, 0.5) is 0 Å². The molecule has 1 rings (SSSR count). The number of nitrogens with one attached hydrogen (secondary N) is 2. The molecule has 0 spiro atoms. The van der Waals surface area contributed by atoms with Crippen LogP contribution in [0.1, 0.15) is 27.7 Å². The van der Waals surface area contributed by atoms with Gasteiger partial charge in [-0.25, -0.2) is 0 Å². The summed E-state index contributed by atoms with van der Waals surface area (Å²) in [5.74, 6) is -0.0709. The van der Waals surface area contributed by atoms with E-state index in [2.05, 4.69) is 15.7 Å². The molecule has 0 bridgehead atoms. The van der Waals surface area contributed by atoms with Gasteiger partial charge < -0.3 is 10.6 Å². The Hall–Kier alpha value is -1.23. The van der Waals surface area contributed by atoms with Crippen molar-refractivity contribution in [3.05, 3.63) is 18.3 Å². The maximum absolute atomic E-state index is 11.8. The highest BCUT2D eigenvalue weighted by Gasteiger charge is 2.33. The van der Waals surface area contributed by atoms with Crippen LogP contribution in [-0.4, -0.2) is 35.8 Å². The Morgan fingerprint density at radius 1 is 1.41 bits per heavy atom. The highest BCUT2D eigenvalue weighted by atomic mass is 16.1. The summed E-state index contributed by atoms with van der Waals surface area (Å²) in [5, 5.41) is 10.2. The molecule has 0 aliphatic carbocycles. The SMILES string of the molecule is CCNCCNC(=O)C1=CN=[N+](C(C)(C)C)[CH]1. The average molecular weight is 238 g/mol. The molecule has 5 nitrogen and oxygen atoms in total. The number of amides is 1. The second kappa shape index (κ2) is 5.91. The van der Waals surface area contributed by atoms with Gasteiger partial charge in [0, 0.05) is 33.9 Å². The van der Waals surface area contributed by atoms with Crippen LogP contribution in [0.2, 0.25) is 0 Å². The van der Waals surface area contributed by atoms with Crippen molar-refractivity contribution in [1.82, 2.24) is 10.6 Å².